The van der Waals surface area contributed by atoms with E-state index in [0.717, 1.165) is 18.4 Å². The largest absolute Gasteiger partial charge is 0.314 e. The minimum absolute atomic E-state index is 0.0511. The highest BCUT2D eigenvalue weighted by molar-refractivity contribution is 6.72. The molecule has 0 saturated heterocycles. The van der Waals surface area contributed by atoms with Gasteiger partial charge in [-0.25, -0.2) is 0 Å². The van der Waals surface area contributed by atoms with Crippen molar-refractivity contribution >= 4 is 8.41 Å². The minimum Gasteiger partial charge on any atom is -0.314 e. The molecule has 2 atom stereocenters. The van der Waals surface area contributed by atoms with Gasteiger partial charge in [0.05, 0.1) is 0 Å². The van der Waals surface area contributed by atoms with Crippen LogP contribution in [-0.2, 0) is 11.8 Å². The lowest BCUT2D eigenvalue weighted by Crippen LogP contribution is -2.45. The van der Waals surface area contributed by atoms with Gasteiger partial charge in [-0.05, 0) is 42.6 Å². The average molecular weight is 295 g/mol. The number of aryl methyl sites for hydroxylation is 1. The fourth-order valence-electron chi connectivity index (χ4n) is 3.83. The maximum absolute atomic E-state index is 14.8. The standard InChI is InChI=1S/C15H22FNO2Si/c1-15(10-11-17(18)19)13-7-5-4-6-12(13)8-9-14(15)20(2,3)16/h4-7,14H,8-11H2,1-3H3/t14-,15+/m0/s1. The van der Waals surface area contributed by atoms with Crippen molar-refractivity contribution in [3.8, 4) is 0 Å². The molecular weight excluding hydrogens is 273 g/mol. The van der Waals surface area contributed by atoms with Crippen molar-refractivity contribution in [1.82, 2.24) is 0 Å². The van der Waals surface area contributed by atoms with Gasteiger partial charge in [0.25, 0.3) is 0 Å². The van der Waals surface area contributed by atoms with E-state index in [1.54, 1.807) is 13.1 Å². The number of nitro groups is 1. The molecule has 0 N–H and O–H groups in total. The number of benzene rings is 1. The van der Waals surface area contributed by atoms with E-state index in [1.165, 1.54) is 5.56 Å². The second kappa shape index (κ2) is 5.28. The summed E-state index contributed by atoms with van der Waals surface area (Å²) in [6.07, 6.45) is 2.11. The second-order valence-corrected chi connectivity index (χ2v) is 10.4. The summed E-state index contributed by atoms with van der Waals surface area (Å²) >= 11 is 0. The van der Waals surface area contributed by atoms with E-state index in [4.69, 9.17) is 0 Å². The van der Waals surface area contributed by atoms with E-state index in [-0.39, 0.29) is 17.0 Å². The van der Waals surface area contributed by atoms with Gasteiger partial charge < -0.3 is 4.11 Å². The van der Waals surface area contributed by atoms with Crippen LogP contribution in [0.2, 0.25) is 18.6 Å². The Balaban J connectivity index is 2.45. The fraction of sp³-hybridized carbons (Fsp3) is 0.600. The number of rotatable bonds is 4. The third-order valence-corrected chi connectivity index (χ3v) is 7.33. The van der Waals surface area contributed by atoms with Gasteiger partial charge in [0.15, 0.2) is 0 Å². The summed E-state index contributed by atoms with van der Waals surface area (Å²) in [5.74, 6) is 0. The van der Waals surface area contributed by atoms with Gasteiger partial charge in [0.2, 0.25) is 15.0 Å². The van der Waals surface area contributed by atoms with Gasteiger partial charge in [-0.2, -0.15) is 0 Å². The van der Waals surface area contributed by atoms with Gasteiger partial charge in [0.1, 0.15) is 0 Å². The van der Waals surface area contributed by atoms with Crippen molar-refractivity contribution in [3.05, 3.63) is 45.5 Å². The molecule has 3 nitrogen and oxygen atoms in total. The first-order valence-corrected chi connectivity index (χ1v) is 10.1. The molecule has 0 amide bonds. The Hall–Kier alpha value is -1.23. The smallest absolute Gasteiger partial charge is 0.244 e. The van der Waals surface area contributed by atoms with Gasteiger partial charge in [-0.15, -0.1) is 0 Å². The molecule has 0 saturated carbocycles. The van der Waals surface area contributed by atoms with Crippen LogP contribution in [0.25, 0.3) is 0 Å². The lowest BCUT2D eigenvalue weighted by atomic mass is 9.69. The molecule has 1 aromatic rings. The third kappa shape index (κ3) is 2.77. The van der Waals surface area contributed by atoms with Crippen molar-refractivity contribution < 1.29 is 9.03 Å². The van der Waals surface area contributed by atoms with Crippen molar-refractivity contribution in [2.75, 3.05) is 6.54 Å². The predicted octanol–water partition coefficient (Wildman–Crippen LogP) is 4.10. The molecule has 0 spiro atoms. The first-order chi connectivity index (χ1) is 9.25. The summed E-state index contributed by atoms with van der Waals surface area (Å²) in [6, 6.07) is 8.05. The van der Waals surface area contributed by atoms with Crippen LogP contribution in [0.3, 0.4) is 0 Å². The summed E-state index contributed by atoms with van der Waals surface area (Å²) in [5, 5.41) is 10.8. The third-order valence-electron chi connectivity index (χ3n) is 4.75. The zero-order valence-electron chi connectivity index (χ0n) is 12.4. The maximum Gasteiger partial charge on any atom is 0.244 e. The van der Waals surface area contributed by atoms with Crippen LogP contribution >= 0.6 is 0 Å². The highest BCUT2D eigenvalue weighted by Crippen LogP contribution is 2.52. The second-order valence-electron chi connectivity index (χ2n) is 6.54. The maximum atomic E-state index is 14.8. The molecule has 0 radical (unpaired) electrons. The van der Waals surface area contributed by atoms with Crippen LogP contribution in [0, 0.1) is 10.1 Å². The Bertz CT molecular complexity index is 515. The predicted molar refractivity (Wildman–Crippen MR) is 80.9 cm³/mol. The van der Waals surface area contributed by atoms with Crippen LogP contribution in [0.5, 0.6) is 0 Å². The average Bonchev–Trinajstić information content (AvgIpc) is 2.35. The molecular formula is C15H22FNO2Si. The molecule has 5 heteroatoms. The Morgan fingerprint density at radius 2 is 2.10 bits per heavy atom. The van der Waals surface area contributed by atoms with Crippen molar-refractivity contribution in [3.63, 3.8) is 0 Å². The molecule has 1 aliphatic rings. The van der Waals surface area contributed by atoms with E-state index >= 15 is 0 Å². The fourth-order valence-corrected chi connectivity index (χ4v) is 6.48. The first-order valence-electron chi connectivity index (χ1n) is 7.14. The zero-order chi connectivity index (χ0) is 15.0. The Kier molecular flexibility index (Phi) is 4.00. The Morgan fingerprint density at radius 3 is 2.70 bits per heavy atom. The summed E-state index contributed by atoms with van der Waals surface area (Å²) in [4.78, 5) is 10.5. The van der Waals surface area contributed by atoms with E-state index < -0.39 is 13.8 Å². The first kappa shape index (κ1) is 15.2. The van der Waals surface area contributed by atoms with Crippen LogP contribution < -0.4 is 0 Å². The van der Waals surface area contributed by atoms with E-state index in [9.17, 15) is 14.2 Å². The molecule has 1 aliphatic carbocycles. The van der Waals surface area contributed by atoms with E-state index in [1.807, 2.05) is 25.1 Å². The lowest BCUT2D eigenvalue weighted by molar-refractivity contribution is -0.482. The quantitative estimate of drug-likeness (QED) is 0.363. The number of hydrogen-bond donors (Lipinski definition) is 0. The summed E-state index contributed by atoms with van der Waals surface area (Å²) in [5.41, 5.74) is 1.89. The normalized spacial score (nSPS) is 26.1. The van der Waals surface area contributed by atoms with Crippen LogP contribution in [-0.4, -0.2) is 19.9 Å². The summed E-state index contributed by atoms with van der Waals surface area (Å²) in [6.45, 7) is 5.39. The van der Waals surface area contributed by atoms with Gasteiger partial charge >= 0.3 is 0 Å². The lowest BCUT2D eigenvalue weighted by Gasteiger charge is -2.46. The molecule has 0 aliphatic heterocycles. The molecule has 110 valence electrons. The molecule has 0 heterocycles. The molecule has 20 heavy (non-hydrogen) atoms. The molecule has 0 fully saturated rings. The van der Waals surface area contributed by atoms with Gasteiger partial charge in [-0.3, -0.25) is 10.1 Å². The monoisotopic (exact) mass is 295 g/mol. The van der Waals surface area contributed by atoms with Crippen molar-refractivity contribution in [2.24, 2.45) is 0 Å². The molecule has 0 aromatic heterocycles. The highest BCUT2D eigenvalue weighted by Gasteiger charge is 2.49. The van der Waals surface area contributed by atoms with Crippen LogP contribution in [0.4, 0.5) is 4.11 Å². The number of halogens is 1. The minimum atomic E-state index is -2.85. The number of hydrogen-bond acceptors (Lipinski definition) is 2. The van der Waals surface area contributed by atoms with Gasteiger partial charge in [0, 0.05) is 16.8 Å². The van der Waals surface area contributed by atoms with Crippen LogP contribution in [0.1, 0.15) is 30.9 Å². The highest BCUT2D eigenvalue weighted by atomic mass is 28.4. The zero-order valence-corrected chi connectivity index (χ0v) is 13.4. The summed E-state index contributed by atoms with van der Waals surface area (Å²) < 4.78 is 14.8. The van der Waals surface area contributed by atoms with Crippen molar-refractivity contribution in [1.29, 1.82) is 0 Å². The van der Waals surface area contributed by atoms with E-state index in [2.05, 4.69) is 6.07 Å². The summed E-state index contributed by atoms with van der Waals surface area (Å²) in [7, 11) is -2.85. The van der Waals surface area contributed by atoms with Crippen molar-refractivity contribution in [2.45, 2.75) is 50.2 Å². The van der Waals surface area contributed by atoms with Crippen LogP contribution in [0.15, 0.2) is 24.3 Å². The molecule has 0 bridgehead atoms. The SMILES string of the molecule is C[C@@]1(CC[N+](=O)[O-])c2ccccc2CC[C@@H]1[Si](C)(C)F. The molecule has 0 unspecified atom stereocenters. The molecule has 2 rings (SSSR count). The number of nitrogens with zero attached hydrogens (tertiary/aromatic N) is 1. The van der Waals surface area contributed by atoms with Gasteiger partial charge in [-0.1, -0.05) is 31.2 Å². The Labute approximate surface area is 120 Å². The Morgan fingerprint density at radius 1 is 1.45 bits per heavy atom. The number of fused-ring (bicyclic) bond motifs is 1. The molecule has 1 aromatic carbocycles. The topological polar surface area (TPSA) is 43.1 Å². The van der Waals surface area contributed by atoms with E-state index in [0.29, 0.717) is 6.42 Å².